The summed E-state index contributed by atoms with van der Waals surface area (Å²) in [7, 11) is -3.99. The largest absolute Gasteiger partial charge is 0.484 e. The molecular weight excluding hydrogens is 350 g/mol. The summed E-state index contributed by atoms with van der Waals surface area (Å²) in [6, 6.07) is 18.1. The van der Waals surface area contributed by atoms with Crippen LogP contribution < -0.4 is 4.74 Å². The van der Waals surface area contributed by atoms with Gasteiger partial charge in [-0.05, 0) is 42.8 Å². The van der Waals surface area contributed by atoms with Gasteiger partial charge in [-0.15, -0.1) is 0 Å². The molecule has 0 spiro atoms. The summed E-state index contributed by atoms with van der Waals surface area (Å²) >= 11 is 0. The molecule has 1 aliphatic rings. The molecule has 1 heterocycles. The highest BCUT2D eigenvalue weighted by Gasteiger charge is 2.30. The molecule has 0 radical (unpaired) electrons. The van der Waals surface area contributed by atoms with E-state index in [-0.39, 0.29) is 4.90 Å². The Morgan fingerprint density at radius 3 is 2.50 bits per heavy atom. The van der Waals surface area contributed by atoms with Crippen LogP contribution in [0.4, 0.5) is 0 Å². The average Bonchev–Trinajstić information content (AvgIpc) is 2.96. The van der Waals surface area contributed by atoms with Crippen molar-refractivity contribution >= 4 is 26.6 Å². The quantitative estimate of drug-likeness (QED) is 0.656. The lowest BCUT2D eigenvalue weighted by molar-refractivity contribution is 0.291. The van der Waals surface area contributed by atoms with E-state index in [0.29, 0.717) is 11.5 Å². The summed E-state index contributed by atoms with van der Waals surface area (Å²) in [6.45, 7) is 3.70. The minimum absolute atomic E-state index is 0.0668. The molecule has 4 rings (SSSR count). The fourth-order valence-electron chi connectivity index (χ4n) is 3.02. The lowest BCUT2D eigenvalue weighted by atomic mass is 10.00. The van der Waals surface area contributed by atoms with Gasteiger partial charge in [-0.2, -0.15) is 8.42 Å². The van der Waals surface area contributed by atoms with Gasteiger partial charge in [0.15, 0.2) is 0 Å². The maximum Gasteiger partial charge on any atom is 0.358 e. The first kappa shape index (κ1) is 16.6. The number of oxime groups is 1. The lowest BCUT2D eigenvalue weighted by Crippen LogP contribution is -2.18. The van der Waals surface area contributed by atoms with E-state index in [4.69, 9.17) is 9.02 Å². The maximum atomic E-state index is 12.4. The van der Waals surface area contributed by atoms with Crippen LogP contribution in [0.3, 0.4) is 0 Å². The van der Waals surface area contributed by atoms with Crippen molar-refractivity contribution in [2.24, 2.45) is 5.16 Å². The topological polar surface area (TPSA) is 65.0 Å². The normalized spacial score (nSPS) is 17.9. The highest BCUT2D eigenvalue weighted by atomic mass is 32.2. The molecule has 5 nitrogen and oxygen atoms in total. The molecule has 1 aliphatic heterocycles. The molecule has 0 N–H and O–H groups in total. The summed E-state index contributed by atoms with van der Waals surface area (Å²) < 4.78 is 35.6. The van der Waals surface area contributed by atoms with E-state index >= 15 is 0 Å². The molecular formula is C20H17NO4S. The van der Waals surface area contributed by atoms with Gasteiger partial charge in [-0.1, -0.05) is 53.2 Å². The number of nitrogens with zero attached hydrogens (tertiary/aromatic N) is 1. The fourth-order valence-corrected chi connectivity index (χ4v) is 3.75. The zero-order valence-corrected chi connectivity index (χ0v) is 15.2. The van der Waals surface area contributed by atoms with E-state index < -0.39 is 16.2 Å². The van der Waals surface area contributed by atoms with Crippen molar-refractivity contribution in [3.8, 4) is 5.75 Å². The third-order valence-corrected chi connectivity index (χ3v) is 5.50. The predicted molar refractivity (Wildman–Crippen MR) is 100 cm³/mol. The van der Waals surface area contributed by atoms with E-state index in [0.717, 1.165) is 21.9 Å². The number of hydrogen-bond acceptors (Lipinski definition) is 5. The van der Waals surface area contributed by atoms with Gasteiger partial charge in [0, 0.05) is 0 Å². The van der Waals surface area contributed by atoms with E-state index in [1.165, 1.54) is 12.1 Å². The van der Waals surface area contributed by atoms with Gasteiger partial charge in [0.1, 0.15) is 22.5 Å². The number of aryl methyl sites for hydroxylation is 1. The first-order valence-electron chi connectivity index (χ1n) is 8.23. The number of rotatable bonds is 3. The van der Waals surface area contributed by atoms with Crippen LogP contribution >= 0.6 is 0 Å². The molecule has 0 aromatic heterocycles. The lowest BCUT2D eigenvalue weighted by Gasteiger charge is -2.06. The Morgan fingerprint density at radius 1 is 1.00 bits per heavy atom. The van der Waals surface area contributed by atoms with Crippen LogP contribution in [-0.2, 0) is 14.4 Å². The summed E-state index contributed by atoms with van der Waals surface area (Å²) in [6.07, 6.45) is -0.399. The Labute approximate surface area is 152 Å². The van der Waals surface area contributed by atoms with Gasteiger partial charge in [0.05, 0.1) is 5.56 Å². The Morgan fingerprint density at radius 2 is 1.73 bits per heavy atom. The van der Waals surface area contributed by atoms with Crippen LogP contribution in [0.15, 0.2) is 70.7 Å². The minimum atomic E-state index is -3.99. The fraction of sp³-hybridized carbons (Fsp3) is 0.150. The van der Waals surface area contributed by atoms with E-state index in [1.807, 2.05) is 50.2 Å². The van der Waals surface area contributed by atoms with Gasteiger partial charge >= 0.3 is 10.1 Å². The molecule has 0 saturated carbocycles. The second-order valence-electron chi connectivity index (χ2n) is 6.24. The molecule has 0 saturated heterocycles. The molecule has 0 aliphatic carbocycles. The van der Waals surface area contributed by atoms with Crippen LogP contribution in [0.5, 0.6) is 5.75 Å². The summed E-state index contributed by atoms with van der Waals surface area (Å²) in [5.41, 5.74) is 2.20. The molecule has 26 heavy (non-hydrogen) atoms. The second kappa shape index (κ2) is 6.14. The summed E-state index contributed by atoms with van der Waals surface area (Å²) in [4.78, 5) is 0.0668. The van der Waals surface area contributed by atoms with E-state index in [9.17, 15) is 8.42 Å². The molecule has 6 heteroatoms. The van der Waals surface area contributed by atoms with Crippen molar-refractivity contribution in [1.29, 1.82) is 0 Å². The Hall–Kier alpha value is -2.86. The molecule has 0 bridgehead atoms. The zero-order valence-electron chi connectivity index (χ0n) is 14.3. The monoisotopic (exact) mass is 367 g/mol. The smallest absolute Gasteiger partial charge is 0.358 e. The number of benzene rings is 3. The number of ether oxygens (including phenoxy) is 1. The van der Waals surface area contributed by atoms with Gasteiger partial charge in [-0.3, -0.25) is 4.28 Å². The van der Waals surface area contributed by atoms with Crippen LogP contribution in [0.1, 0.15) is 18.1 Å². The maximum absolute atomic E-state index is 12.4. The average molecular weight is 367 g/mol. The third kappa shape index (κ3) is 2.82. The molecule has 1 unspecified atom stereocenters. The second-order valence-corrected chi connectivity index (χ2v) is 7.77. The SMILES string of the molecule is Cc1ccc(S(=O)(=O)O/N=C2/c3c(ccc4ccccc34)OC2C)cc1. The third-order valence-electron chi connectivity index (χ3n) is 4.38. The van der Waals surface area contributed by atoms with Crippen molar-refractivity contribution in [2.45, 2.75) is 24.8 Å². The summed E-state index contributed by atoms with van der Waals surface area (Å²) in [5, 5.41) is 5.94. The molecule has 0 fully saturated rings. The van der Waals surface area contributed by atoms with Gasteiger partial charge < -0.3 is 4.74 Å². The van der Waals surface area contributed by atoms with Gasteiger partial charge in [-0.25, -0.2) is 0 Å². The summed E-state index contributed by atoms with van der Waals surface area (Å²) in [5.74, 6) is 0.672. The zero-order chi connectivity index (χ0) is 18.3. The van der Waals surface area contributed by atoms with Crippen LogP contribution in [0, 0.1) is 6.92 Å². The van der Waals surface area contributed by atoms with Crippen molar-refractivity contribution in [3.63, 3.8) is 0 Å². The highest BCUT2D eigenvalue weighted by molar-refractivity contribution is 7.86. The highest BCUT2D eigenvalue weighted by Crippen LogP contribution is 2.35. The van der Waals surface area contributed by atoms with Gasteiger partial charge in [0.2, 0.25) is 0 Å². The first-order chi connectivity index (χ1) is 12.5. The minimum Gasteiger partial charge on any atom is -0.484 e. The Kier molecular flexibility index (Phi) is 3.92. The molecule has 132 valence electrons. The van der Waals surface area contributed by atoms with Crippen LogP contribution in [0.25, 0.3) is 10.8 Å². The van der Waals surface area contributed by atoms with Crippen LogP contribution in [-0.4, -0.2) is 20.2 Å². The standard InChI is InChI=1S/C20H17NO4S/c1-13-7-10-16(11-8-13)26(22,23)25-21-20-14(2)24-18-12-9-15-5-3-4-6-17(15)19(18)20/h3-12,14H,1-2H3/b21-20+. The van der Waals surface area contributed by atoms with Crippen molar-refractivity contribution in [3.05, 3.63) is 71.8 Å². The van der Waals surface area contributed by atoms with Crippen molar-refractivity contribution in [1.82, 2.24) is 0 Å². The van der Waals surface area contributed by atoms with Crippen LogP contribution in [0.2, 0.25) is 0 Å². The molecule has 3 aromatic carbocycles. The Bertz CT molecular complexity index is 1120. The molecule has 3 aromatic rings. The van der Waals surface area contributed by atoms with E-state index in [1.54, 1.807) is 12.1 Å². The molecule has 0 amide bonds. The number of hydrogen-bond donors (Lipinski definition) is 0. The number of fused-ring (bicyclic) bond motifs is 3. The van der Waals surface area contributed by atoms with Crippen molar-refractivity contribution in [2.75, 3.05) is 0 Å². The van der Waals surface area contributed by atoms with Gasteiger partial charge in [0.25, 0.3) is 0 Å². The Balaban J connectivity index is 1.75. The van der Waals surface area contributed by atoms with E-state index in [2.05, 4.69) is 5.16 Å². The first-order valence-corrected chi connectivity index (χ1v) is 9.63. The molecule has 1 atom stereocenters. The van der Waals surface area contributed by atoms with Crippen molar-refractivity contribution < 1.29 is 17.4 Å². The predicted octanol–water partition coefficient (Wildman–Crippen LogP) is 4.04.